The van der Waals surface area contributed by atoms with Gasteiger partial charge in [-0.15, -0.1) is 0 Å². The number of morpholine rings is 1. The van der Waals surface area contributed by atoms with E-state index in [1.165, 1.54) is 16.4 Å². The van der Waals surface area contributed by atoms with E-state index < -0.39 is 21.7 Å². The molecule has 2 aromatic rings. The molecule has 1 N–H and O–H groups in total. The number of nitrogens with zero attached hydrogens (tertiary/aromatic N) is 2. The Kier molecular flexibility index (Phi) is 7.62. The molecule has 9 heteroatoms. The van der Waals surface area contributed by atoms with Crippen molar-refractivity contribution >= 4 is 27.3 Å². The summed E-state index contributed by atoms with van der Waals surface area (Å²) in [5.74, 6) is -0.832. The summed E-state index contributed by atoms with van der Waals surface area (Å²) < 4.78 is 47.1. The number of amides is 1. The summed E-state index contributed by atoms with van der Waals surface area (Å²) in [6.45, 7) is 2.99. The average molecular weight is 476 g/mol. The molecule has 2 aliphatic heterocycles. The Morgan fingerprint density at radius 3 is 2.36 bits per heavy atom. The van der Waals surface area contributed by atoms with Gasteiger partial charge in [0.2, 0.25) is 15.9 Å². The van der Waals surface area contributed by atoms with Crippen LogP contribution in [0.4, 0.5) is 15.8 Å². The molecule has 2 saturated heterocycles. The highest BCUT2D eigenvalue weighted by molar-refractivity contribution is 7.89. The number of rotatable bonds is 6. The van der Waals surface area contributed by atoms with Gasteiger partial charge in [0.25, 0.3) is 0 Å². The average Bonchev–Trinajstić information content (AvgIpc) is 3.11. The van der Waals surface area contributed by atoms with E-state index in [4.69, 9.17) is 4.74 Å². The largest absolute Gasteiger partial charge is 0.379 e. The van der Waals surface area contributed by atoms with Gasteiger partial charge in [0.05, 0.1) is 35.9 Å². The second-order valence-corrected chi connectivity index (χ2v) is 10.4. The molecule has 4 rings (SSSR count). The van der Waals surface area contributed by atoms with Crippen LogP contribution in [0.2, 0.25) is 0 Å². The number of sulfonamides is 1. The van der Waals surface area contributed by atoms with Crippen molar-refractivity contribution in [3.63, 3.8) is 0 Å². The molecule has 33 heavy (non-hydrogen) atoms. The summed E-state index contributed by atoms with van der Waals surface area (Å²) >= 11 is 0. The normalized spacial score (nSPS) is 18.0. The van der Waals surface area contributed by atoms with Gasteiger partial charge in [-0.1, -0.05) is 31.0 Å². The van der Waals surface area contributed by atoms with Crippen LogP contribution in [0.5, 0.6) is 0 Å². The van der Waals surface area contributed by atoms with Crippen LogP contribution in [0.3, 0.4) is 0 Å². The van der Waals surface area contributed by atoms with Crippen LogP contribution in [-0.2, 0) is 26.0 Å². The quantitative estimate of drug-likeness (QED) is 0.693. The maximum atomic E-state index is 14.0. The predicted molar refractivity (Wildman–Crippen MR) is 125 cm³/mol. The minimum Gasteiger partial charge on any atom is -0.379 e. The second kappa shape index (κ2) is 10.6. The third kappa shape index (κ3) is 5.72. The first kappa shape index (κ1) is 23.7. The fourth-order valence-electron chi connectivity index (χ4n) is 4.31. The fraction of sp³-hybridized carbons (Fsp3) is 0.458. The number of carbonyl (C=O) groups excluding carboxylic acids is 1. The number of benzene rings is 2. The fourth-order valence-corrected chi connectivity index (χ4v) is 5.74. The van der Waals surface area contributed by atoms with Crippen LogP contribution in [0, 0.1) is 5.82 Å². The molecular weight excluding hydrogens is 445 g/mol. The van der Waals surface area contributed by atoms with E-state index in [1.54, 1.807) is 30.3 Å². The SMILES string of the molecule is O=C(Cc1ccccc1F)Nc1cc(S(=O)(=O)N2CCOCC2)ccc1N1CCCCCC1. The maximum Gasteiger partial charge on any atom is 0.243 e. The molecule has 0 aliphatic carbocycles. The number of hydrogen-bond acceptors (Lipinski definition) is 5. The molecule has 2 fully saturated rings. The zero-order chi connectivity index (χ0) is 23.3. The van der Waals surface area contributed by atoms with Crippen LogP contribution in [0.1, 0.15) is 31.2 Å². The Morgan fingerprint density at radius 1 is 0.970 bits per heavy atom. The standard InChI is InChI=1S/C24H30FN3O4S/c25-21-8-4-3-7-19(21)17-24(29)26-22-18-20(33(30,31)28-13-15-32-16-14-28)9-10-23(22)27-11-5-1-2-6-12-27/h3-4,7-10,18H,1-2,5-6,11-17H2,(H,26,29). The summed E-state index contributed by atoms with van der Waals surface area (Å²) in [6.07, 6.45) is 4.24. The smallest absolute Gasteiger partial charge is 0.243 e. The van der Waals surface area contributed by atoms with Gasteiger partial charge in [0.1, 0.15) is 5.82 Å². The summed E-state index contributed by atoms with van der Waals surface area (Å²) in [7, 11) is -3.72. The Hall–Kier alpha value is -2.49. The third-order valence-corrected chi connectivity index (χ3v) is 8.00. The van der Waals surface area contributed by atoms with Crippen molar-refractivity contribution in [1.29, 1.82) is 0 Å². The number of hydrogen-bond donors (Lipinski definition) is 1. The molecule has 0 radical (unpaired) electrons. The molecule has 2 aromatic carbocycles. The van der Waals surface area contributed by atoms with Gasteiger partial charge in [0, 0.05) is 26.2 Å². The molecule has 7 nitrogen and oxygen atoms in total. The van der Waals surface area contributed by atoms with Crippen LogP contribution in [0.15, 0.2) is 47.4 Å². The van der Waals surface area contributed by atoms with Crippen molar-refractivity contribution < 1.29 is 22.3 Å². The van der Waals surface area contributed by atoms with Gasteiger partial charge >= 0.3 is 0 Å². The first-order valence-electron chi connectivity index (χ1n) is 11.5. The molecule has 0 aromatic heterocycles. The van der Waals surface area contributed by atoms with E-state index in [1.807, 2.05) is 0 Å². The van der Waals surface area contributed by atoms with E-state index in [2.05, 4.69) is 10.2 Å². The monoisotopic (exact) mass is 475 g/mol. The van der Waals surface area contributed by atoms with Crippen molar-refractivity contribution in [2.24, 2.45) is 0 Å². The van der Waals surface area contributed by atoms with Crippen LogP contribution in [-0.4, -0.2) is 58.0 Å². The third-order valence-electron chi connectivity index (χ3n) is 6.11. The van der Waals surface area contributed by atoms with Crippen LogP contribution in [0.25, 0.3) is 0 Å². The first-order valence-corrected chi connectivity index (χ1v) is 12.9. The minimum atomic E-state index is -3.72. The van der Waals surface area contributed by atoms with Gasteiger partial charge in [-0.3, -0.25) is 4.79 Å². The summed E-state index contributed by atoms with van der Waals surface area (Å²) in [5.41, 5.74) is 1.52. The van der Waals surface area contributed by atoms with Crippen molar-refractivity contribution in [2.75, 3.05) is 49.6 Å². The van der Waals surface area contributed by atoms with Gasteiger partial charge in [0.15, 0.2) is 0 Å². The molecule has 178 valence electrons. The number of ether oxygens (including phenoxy) is 1. The lowest BCUT2D eigenvalue weighted by atomic mass is 10.1. The zero-order valence-corrected chi connectivity index (χ0v) is 19.4. The highest BCUT2D eigenvalue weighted by Gasteiger charge is 2.28. The lowest BCUT2D eigenvalue weighted by Gasteiger charge is -2.28. The van der Waals surface area contributed by atoms with E-state index in [0.717, 1.165) is 44.5 Å². The molecule has 1 amide bonds. The topological polar surface area (TPSA) is 79.0 Å². The van der Waals surface area contributed by atoms with E-state index in [0.29, 0.717) is 37.6 Å². The Morgan fingerprint density at radius 2 is 1.67 bits per heavy atom. The lowest BCUT2D eigenvalue weighted by molar-refractivity contribution is -0.115. The summed E-state index contributed by atoms with van der Waals surface area (Å²) in [4.78, 5) is 15.1. The Balaban J connectivity index is 1.64. The van der Waals surface area contributed by atoms with Crippen molar-refractivity contribution in [1.82, 2.24) is 4.31 Å². The van der Waals surface area contributed by atoms with Gasteiger partial charge in [-0.05, 0) is 42.7 Å². The van der Waals surface area contributed by atoms with E-state index in [9.17, 15) is 17.6 Å². The number of carbonyl (C=O) groups is 1. The summed E-state index contributed by atoms with van der Waals surface area (Å²) in [6, 6.07) is 11.1. The van der Waals surface area contributed by atoms with Gasteiger partial charge in [-0.2, -0.15) is 4.31 Å². The summed E-state index contributed by atoms with van der Waals surface area (Å²) in [5, 5.41) is 2.86. The van der Waals surface area contributed by atoms with E-state index in [-0.39, 0.29) is 11.3 Å². The highest BCUT2D eigenvalue weighted by Crippen LogP contribution is 2.32. The van der Waals surface area contributed by atoms with Gasteiger partial charge in [-0.25, -0.2) is 12.8 Å². The van der Waals surface area contributed by atoms with Crippen molar-refractivity contribution in [3.05, 3.63) is 53.8 Å². The lowest BCUT2D eigenvalue weighted by Crippen LogP contribution is -2.40. The maximum absolute atomic E-state index is 14.0. The van der Waals surface area contributed by atoms with Crippen LogP contribution >= 0.6 is 0 Å². The molecule has 2 aliphatic rings. The molecule has 0 atom stereocenters. The molecule has 0 bridgehead atoms. The van der Waals surface area contributed by atoms with Crippen LogP contribution < -0.4 is 10.2 Å². The molecule has 0 spiro atoms. The second-order valence-electron chi connectivity index (χ2n) is 8.41. The Labute approximate surface area is 194 Å². The molecule has 2 heterocycles. The highest BCUT2D eigenvalue weighted by atomic mass is 32.2. The Bertz CT molecular complexity index is 1080. The molecule has 0 saturated carbocycles. The number of halogens is 1. The molecular formula is C24H30FN3O4S. The van der Waals surface area contributed by atoms with E-state index >= 15 is 0 Å². The van der Waals surface area contributed by atoms with Gasteiger partial charge < -0.3 is 15.0 Å². The number of nitrogens with one attached hydrogen (secondary N) is 1. The predicted octanol–water partition coefficient (Wildman–Crippen LogP) is 3.41. The number of anilines is 2. The molecule has 0 unspecified atom stereocenters. The zero-order valence-electron chi connectivity index (χ0n) is 18.6. The van der Waals surface area contributed by atoms with Crippen molar-refractivity contribution in [3.8, 4) is 0 Å². The minimum absolute atomic E-state index is 0.129. The first-order chi connectivity index (χ1) is 15.9. The van der Waals surface area contributed by atoms with Crippen molar-refractivity contribution in [2.45, 2.75) is 37.0 Å².